The maximum Gasteiger partial charge on any atom is 0.337 e. The molecule has 2 aromatic carbocycles. The number of hydrogen-bond acceptors (Lipinski definition) is 10. The second-order valence-corrected chi connectivity index (χ2v) is 10.1. The summed E-state index contributed by atoms with van der Waals surface area (Å²) in [6, 6.07) is 13.4. The number of benzene rings is 2. The van der Waals surface area contributed by atoms with E-state index in [9.17, 15) is 19.7 Å². The number of hydrogen-bond donors (Lipinski definition) is 2. The number of rotatable bonds is 11. The molecule has 0 spiro atoms. The average molecular weight is 566 g/mol. The van der Waals surface area contributed by atoms with Crippen LogP contribution in [-0.4, -0.2) is 55.4 Å². The van der Waals surface area contributed by atoms with Gasteiger partial charge in [-0.1, -0.05) is 24.3 Å². The van der Waals surface area contributed by atoms with Crippen LogP contribution in [0.3, 0.4) is 0 Å². The van der Waals surface area contributed by atoms with Crippen LogP contribution in [0.1, 0.15) is 45.6 Å². The van der Waals surface area contributed by atoms with Crippen molar-refractivity contribution >= 4 is 17.6 Å². The number of nitrogens with one attached hydrogen (secondary N) is 2. The van der Waals surface area contributed by atoms with Gasteiger partial charge in [-0.2, -0.15) is 0 Å². The highest BCUT2D eigenvalue weighted by molar-refractivity contribution is 6.00. The van der Waals surface area contributed by atoms with Gasteiger partial charge in [-0.05, 0) is 58.4 Å². The number of non-ortho nitro benzene ring substituents is 1. The molecule has 218 valence electrons. The number of nitro benzene ring substituents is 1. The highest BCUT2D eigenvalue weighted by Crippen LogP contribution is 2.40. The van der Waals surface area contributed by atoms with Crippen molar-refractivity contribution in [2.75, 3.05) is 26.3 Å². The first kappa shape index (κ1) is 29.6. The van der Waals surface area contributed by atoms with Gasteiger partial charge in [0.2, 0.25) is 0 Å². The Morgan fingerprint density at radius 3 is 2.49 bits per heavy atom. The molecule has 0 aromatic heterocycles. The van der Waals surface area contributed by atoms with Crippen LogP contribution in [0.15, 0.2) is 71.1 Å². The summed E-state index contributed by atoms with van der Waals surface area (Å²) in [5, 5.41) is 17.9. The molecule has 11 heteroatoms. The number of carbonyl (C=O) groups is 2. The molecule has 2 aromatic rings. The summed E-state index contributed by atoms with van der Waals surface area (Å²) in [5.74, 6) is -0.691. The van der Waals surface area contributed by atoms with E-state index >= 15 is 0 Å². The molecule has 41 heavy (non-hydrogen) atoms. The quantitative estimate of drug-likeness (QED) is 0.177. The maximum atomic E-state index is 13.4. The number of carbonyl (C=O) groups excluding carboxylic acids is 2. The molecule has 0 radical (unpaired) electrons. The molecule has 4 rings (SSSR count). The van der Waals surface area contributed by atoms with E-state index in [0.29, 0.717) is 48.8 Å². The Morgan fingerprint density at radius 2 is 1.78 bits per heavy atom. The highest BCUT2D eigenvalue weighted by Gasteiger charge is 2.38. The summed E-state index contributed by atoms with van der Waals surface area (Å²) in [4.78, 5) is 37.6. The van der Waals surface area contributed by atoms with Crippen molar-refractivity contribution in [3.8, 4) is 11.5 Å². The smallest absolute Gasteiger partial charge is 0.337 e. The molecule has 2 aliphatic heterocycles. The Balaban J connectivity index is 1.41. The van der Waals surface area contributed by atoms with Crippen molar-refractivity contribution in [3.63, 3.8) is 0 Å². The first-order chi connectivity index (χ1) is 19.7. The van der Waals surface area contributed by atoms with Gasteiger partial charge in [0.1, 0.15) is 12.7 Å². The number of esters is 2. The van der Waals surface area contributed by atoms with Gasteiger partial charge >= 0.3 is 11.9 Å². The van der Waals surface area contributed by atoms with Gasteiger partial charge in [0.15, 0.2) is 11.5 Å². The monoisotopic (exact) mass is 565 g/mol. The van der Waals surface area contributed by atoms with Crippen LogP contribution in [0.5, 0.6) is 11.5 Å². The van der Waals surface area contributed by atoms with E-state index in [0.717, 1.165) is 5.75 Å². The van der Waals surface area contributed by atoms with Crippen LogP contribution >= 0.6 is 0 Å². The fraction of sp³-hybridized carbons (Fsp3) is 0.400. The SMILES string of the molecule is CC1=C(C(=O)OCCCNCC2COc3ccccc3O2)C(c2cccc([N+](=O)[O-])c2)C(C(=O)OC(C)C)=C(C)N1. The van der Waals surface area contributed by atoms with E-state index < -0.39 is 28.9 Å². The lowest BCUT2D eigenvalue weighted by atomic mass is 9.80. The zero-order valence-electron chi connectivity index (χ0n) is 23.6. The lowest BCUT2D eigenvalue weighted by Gasteiger charge is -2.30. The van der Waals surface area contributed by atoms with Crippen LogP contribution in [-0.2, 0) is 19.1 Å². The molecular formula is C30H35N3O8. The molecule has 2 atom stereocenters. The third-order valence-corrected chi connectivity index (χ3v) is 6.63. The van der Waals surface area contributed by atoms with Gasteiger partial charge < -0.3 is 29.6 Å². The fourth-order valence-corrected chi connectivity index (χ4v) is 4.83. The van der Waals surface area contributed by atoms with Crippen LogP contribution in [0.4, 0.5) is 5.69 Å². The van der Waals surface area contributed by atoms with Gasteiger partial charge in [-0.15, -0.1) is 0 Å². The molecule has 0 amide bonds. The molecule has 0 saturated carbocycles. The number of ether oxygens (including phenoxy) is 4. The second kappa shape index (κ2) is 13.3. The number of fused-ring (bicyclic) bond motifs is 1. The molecule has 2 heterocycles. The number of nitrogens with zero attached hydrogens (tertiary/aromatic N) is 1. The Bertz CT molecular complexity index is 1370. The summed E-state index contributed by atoms with van der Waals surface area (Å²) in [6.07, 6.45) is 0.000852. The fourth-order valence-electron chi connectivity index (χ4n) is 4.83. The van der Waals surface area contributed by atoms with E-state index in [4.69, 9.17) is 18.9 Å². The van der Waals surface area contributed by atoms with Gasteiger partial charge in [0.05, 0.1) is 34.7 Å². The Labute approximate surface area is 238 Å². The Morgan fingerprint density at radius 1 is 1.07 bits per heavy atom. The highest BCUT2D eigenvalue weighted by atomic mass is 16.6. The van der Waals surface area contributed by atoms with Crippen molar-refractivity contribution in [1.82, 2.24) is 10.6 Å². The molecular weight excluding hydrogens is 530 g/mol. The van der Waals surface area contributed by atoms with Crippen LogP contribution in [0.25, 0.3) is 0 Å². The number of para-hydroxylation sites is 2. The third-order valence-electron chi connectivity index (χ3n) is 6.63. The van der Waals surface area contributed by atoms with E-state index in [-0.39, 0.29) is 29.5 Å². The predicted molar refractivity (Wildman–Crippen MR) is 150 cm³/mol. The van der Waals surface area contributed by atoms with Crippen molar-refractivity contribution in [2.45, 2.75) is 52.2 Å². The van der Waals surface area contributed by atoms with Crippen molar-refractivity contribution in [3.05, 3.63) is 86.7 Å². The van der Waals surface area contributed by atoms with E-state index in [1.54, 1.807) is 33.8 Å². The minimum atomic E-state index is -0.903. The molecule has 0 fully saturated rings. The van der Waals surface area contributed by atoms with Crippen molar-refractivity contribution < 1.29 is 33.5 Å². The summed E-state index contributed by atoms with van der Waals surface area (Å²) in [6.45, 7) is 8.57. The van der Waals surface area contributed by atoms with E-state index in [1.807, 2.05) is 24.3 Å². The second-order valence-electron chi connectivity index (χ2n) is 10.1. The van der Waals surface area contributed by atoms with Gasteiger partial charge in [0, 0.05) is 30.1 Å². The summed E-state index contributed by atoms with van der Waals surface area (Å²) < 4.78 is 22.8. The normalized spacial score (nSPS) is 18.2. The third kappa shape index (κ3) is 7.23. The molecule has 2 N–H and O–H groups in total. The van der Waals surface area contributed by atoms with Crippen molar-refractivity contribution in [1.29, 1.82) is 0 Å². The van der Waals surface area contributed by atoms with Crippen LogP contribution < -0.4 is 20.1 Å². The molecule has 11 nitrogen and oxygen atoms in total. The maximum absolute atomic E-state index is 13.4. The zero-order chi connectivity index (χ0) is 29.5. The minimum absolute atomic E-state index is 0.129. The minimum Gasteiger partial charge on any atom is -0.486 e. The van der Waals surface area contributed by atoms with Crippen molar-refractivity contribution in [2.24, 2.45) is 0 Å². The lowest BCUT2D eigenvalue weighted by Crippen LogP contribution is -2.39. The topological polar surface area (TPSA) is 138 Å². The molecule has 0 bridgehead atoms. The Hall–Kier alpha value is -4.38. The van der Waals surface area contributed by atoms with Gasteiger partial charge in [0.25, 0.3) is 5.69 Å². The summed E-state index contributed by atoms with van der Waals surface area (Å²) in [5.41, 5.74) is 1.67. The summed E-state index contributed by atoms with van der Waals surface area (Å²) >= 11 is 0. The van der Waals surface area contributed by atoms with E-state index in [1.165, 1.54) is 18.2 Å². The number of nitro groups is 1. The molecule has 2 unspecified atom stereocenters. The van der Waals surface area contributed by atoms with Gasteiger partial charge in [-0.25, -0.2) is 9.59 Å². The van der Waals surface area contributed by atoms with Crippen LogP contribution in [0.2, 0.25) is 0 Å². The van der Waals surface area contributed by atoms with Crippen LogP contribution in [0, 0.1) is 10.1 Å². The predicted octanol–water partition coefficient (Wildman–Crippen LogP) is 4.14. The first-order valence-electron chi connectivity index (χ1n) is 13.6. The zero-order valence-corrected chi connectivity index (χ0v) is 23.6. The first-order valence-corrected chi connectivity index (χ1v) is 13.6. The van der Waals surface area contributed by atoms with Gasteiger partial charge in [-0.3, -0.25) is 10.1 Å². The average Bonchev–Trinajstić information content (AvgIpc) is 2.93. The molecule has 0 aliphatic carbocycles. The summed E-state index contributed by atoms with van der Waals surface area (Å²) in [7, 11) is 0. The standard InChI is InChI=1S/C30H35N3O8/c1-18(2)40-30(35)27-20(4)32-19(3)26(28(27)21-9-7-10-22(15-21)33(36)37)29(34)38-14-8-13-31-16-23-17-39-24-11-5-6-12-25(24)41-23/h5-7,9-12,15,18,23,28,31-32H,8,13-14,16-17H2,1-4H3. The van der Waals surface area contributed by atoms with E-state index in [2.05, 4.69) is 10.6 Å². The lowest BCUT2D eigenvalue weighted by molar-refractivity contribution is -0.384. The molecule has 0 saturated heterocycles. The number of dihydropyridines is 1. The number of allylic oxidation sites excluding steroid dienone is 2. The Kier molecular flexibility index (Phi) is 9.61. The molecule has 2 aliphatic rings. The largest absolute Gasteiger partial charge is 0.486 e.